The predicted molar refractivity (Wildman–Crippen MR) is 85.4 cm³/mol. The molecule has 0 aliphatic rings. The first-order valence-corrected chi connectivity index (χ1v) is 7.10. The van der Waals surface area contributed by atoms with Crippen LogP contribution in [0.3, 0.4) is 0 Å². The van der Waals surface area contributed by atoms with Gasteiger partial charge in [-0.15, -0.1) is 0 Å². The van der Waals surface area contributed by atoms with Gasteiger partial charge in [0.15, 0.2) is 5.11 Å². The molecule has 0 aliphatic heterocycles. The molecule has 0 radical (unpaired) electrons. The normalized spacial score (nSPS) is 10.3. The Morgan fingerprint density at radius 3 is 2.95 bits per heavy atom. The number of halogens is 2. The Labute approximate surface area is 130 Å². The first-order valence-electron chi connectivity index (χ1n) is 5.52. The molecular formula is C12H12BrClN4S. The van der Waals surface area contributed by atoms with E-state index in [1.54, 1.807) is 10.9 Å². The Balaban J connectivity index is 1.90. The van der Waals surface area contributed by atoms with Crippen molar-refractivity contribution < 1.29 is 0 Å². The van der Waals surface area contributed by atoms with Crippen LogP contribution >= 0.6 is 39.7 Å². The maximum atomic E-state index is 6.10. The van der Waals surface area contributed by atoms with Crippen LogP contribution in [0.25, 0.3) is 0 Å². The van der Waals surface area contributed by atoms with E-state index in [-0.39, 0.29) is 0 Å². The second kappa shape index (κ2) is 6.36. The Morgan fingerprint density at radius 1 is 1.53 bits per heavy atom. The van der Waals surface area contributed by atoms with Crippen molar-refractivity contribution in [1.29, 1.82) is 0 Å². The van der Waals surface area contributed by atoms with E-state index in [2.05, 4.69) is 31.7 Å². The molecule has 1 aromatic heterocycles. The molecule has 0 bridgehead atoms. The lowest BCUT2D eigenvalue weighted by atomic mass is 10.3. The molecule has 2 rings (SSSR count). The summed E-state index contributed by atoms with van der Waals surface area (Å²) in [6, 6.07) is 5.58. The Hall–Kier alpha value is -1.11. The molecule has 7 heteroatoms. The predicted octanol–water partition coefficient (Wildman–Crippen LogP) is 3.32. The first-order chi connectivity index (χ1) is 9.04. The highest BCUT2D eigenvalue weighted by molar-refractivity contribution is 9.10. The van der Waals surface area contributed by atoms with Crippen molar-refractivity contribution in [3.63, 3.8) is 0 Å². The van der Waals surface area contributed by atoms with Gasteiger partial charge in [0.25, 0.3) is 0 Å². The zero-order valence-corrected chi connectivity index (χ0v) is 13.3. The van der Waals surface area contributed by atoms with Crippen LogP contribution in [-0.2, 0) is 13.6 Å². The lowest BCUT2D eigenvalue weighted by Crippen LogP contribution is -2.27. The summed E-state index contributed by atoms with van der Waals surface area (Å²) in [5.41, 5.74) is 1.84. The van der Waals surface area contributed by atoms with Gasteiger partial charge in [-0.3, -0.25) is 4.68 Å². The zero-order chi connectivity index (χ0) is 13.8. The maximum Gasteiger partial charge on any atom is 0.171 e. The lowest BCUT2D eigenvalue weighted by molar-refractivity contribution is 0.766. The average molecular weight is 360 g/mol. The minimum absolute atomic E-state index is 0.521. The smallest absolute Gasteiger partial charge is 0.171 e. The largest absolute Gasteiger partial charge is 0.358 e. The molecule has 4 nitrogen and oxygen atoms in total. The number of rotatable bonds is 3. The number of nitrogens with one attached hydrogen (secondary N) is 2. The van der Waals surface area contributed by atoms with E-state index >= 15 is 0 Å². The number of benzene rings is 1. The molecule has 1 aromatic carbocycles. The van der Waals surface area contributed by atoms with Crippen molar-refractivity contribution in [3.05, 3.63) is 45.7 Å². The van der Waals surface area contributed by atoms with Crippen LogP contribution in [0, 0.1) is 0 Å². The summed E-state index contributed by atoms with van der Waals surface area (Å²) in [4.78, 5) is 0. The molecule has 0 aliphatic carbocycles. The van der Waals surface area contributed by atoms with Crippen molar-refractivity contribution >= 4 is 50.5 Å². The molecule has 0 atom stereocenters. The second-order valence-electron chi connectivity index (χ2n) is 3.95. The summed E-state index contributed by atoms with van der Waals surface area (Å²) in [6.07, 6.45) is 3.73. The third-order valence-electron chi connectivity index (χ3n) is 2.39. The van der Waals surface area contributed by atoms with Gasteiger partial charge < -0.3 is 10.6 Å². The number of anilines is 1. The van der Waals surface area contributed by atoms with Crippen molar-refractivity contribution in [2.24, 2.45) is 7.05 Å². The number of thiocarbonyl (C=S) groups is 1. The van der Waals surface area contributed by atoms with Crippen LogP contribution in [0.2, 0.25) is 5.02 Å². The molecule has 2 N–H and O–H groups in total. The Bertz CT molecular complexity index is 599. The highest BCUT2D eigenvalue weighted by atomic mass is 79.9. The minimum atomic E-state index is 0.521. The molecule has 1 heterocycles. The highest BCUT2D eigenvalue weighted by Gasteiger charge is 2.03. The second-order valence-corrected chi connectivity index (χ2v) is 5.69. The van der Waals surface area contributed by atoms with E-state index in [4.69, 9.17) is 23.8 Å². The van der Waals surface area contributed by atoms with Gasteiger partial charge in [-0.1, -0.05) is 27.5 Å². The van der Waals surface area contributed by atoms with Gasteiger partial charge in [-0.05, 0) is 30.4 Å². The van der Waals surface area contributed by atoms with Crippen LogP contribution in [0.5, 0.6) is 0 Å². The van der Waals surface area contributed by atoms with E-state index in [9.17, 15) is 0 Å². The summed E-state index contributed by atoms with van der Waals surface area (Å²) >= 11 is 14.7. The molecule has 0 fully saturated rings. The number of aromatic nitrogens is 2. The van der Waals surface area contributed by atoms with Crippen molar-refractivity contribution in [1.82, 2.24) is 15.1 Å². The van der Waals surface area contributed by atoms with Crippen LogP contribution in [-0.4, -0.2) is 14.9 Å². The zero-order valence-electron chi connectivity index (χ0n) is 10.2. The maximum absolute atomic E-state index is 6.10. The fourth-order valence-corrected chi connectivity index (χ4v) is 2.41. The van der Waals surface area contributed by atoms with Gasteiger partial charge >= 0.3 is 0 Å². The number of aryl methyl sites for hydroxylation is 1. The Kier molecular flexibility index (Phi) is 4.79. The quantitative estimate of drug-likeness (QED) is 0.825. The third kappa shape index (κ3) is 4.19. The average Bonchev–Trinajstić information content (AvgIpc) is 2.76. The molecule has 0 saturated heterocycles. The molecule has 100 valence electrons. The van der Waals surface area contributed by atoms with Gasteiger partial charge in [0.05, 0.1) is 16.9 Å². The fraction of sp³-hybridized carbons (Fsp3) is 0.167. The van der Waals surface area contributed by atoms with Gasteiger partial charge in [0.1, 0.15) is 0 Å². The molecular weight excluding hydrogens is 348 g/mol. The van der Waals surface area contributed by atoms with Gasteiger partial charge in [-0.25, -0.2) is 0 Å². The van der Waals surface area contributed by atoms with Crippen LogP contribution in [0.1, 0.15) is 5.56 Å². The first kappa shape index (κ1) is 14.3. The monoisotopic (exact) mass is 358 g/mol. The summed E-state index contributed by atoms with van der Waals surface area (Å²) < 4.78 is 2.68. The summed E-state index contributed by atoms with van der Waals surface area (Å²) in [5, 5.41) is 11.4. The lowest BCUT2D eigenvalue weighted by Gasteiger charge is -2.11. The van der Waals surface area contributed by atoms with Crippen molar-refractivity contribution in [2.45, 2.75) is 6.54 Å². The van der Waals surface area contributed by atoms with Crippen molar-refractivity contribution in [3.8, 4) is 0 Å². The summed E-state index contributed by atoms with van der Waals surface area (Å²) in [5.74, 6) is 0. The highest BCUT2D eigenvalue weighted by Crippen LogP contribution is 2.25. The van der Waals surface area contributed by atoms with Crippen LogP contribution in [0.4, 0.5) is 5.69 Å². The number of hydrogen-bond donors (Lipinski definition) is 2. The van der Waals surface area contributed by atoms with E-state index in [1.165, 1.54) is 0 Å². The van der Waals surface area contributed by atoms with Gasteiger partial charge in [0.2, 0.25) is 0 Å². The minimum Gasteiger partial charge on any atom is -0.358 e. The van der Waals surface area contributed by atoms with Crippen LogP contribution in [0.15, 0.2) is 35.1 Å². The van der Waals surface area contributed by atoms with E-state index < -0.39 is 0 Å². The van der Waals surface area contributed by atoms with Crippen molar-refractivity contribution in [2.75, 3.05) is 5.32 Å². The fourth-order valence-electron chi connectivity index (χ4n) is 1.50. The van der Waals surface area contributed by atoms with E-state index in [0.717, 1.165) is 15.7 Å². The Morgan fingerprint density at radius 2 is 2.32 bits per heavy atom. The van der Waals surface area contributed by atoms with E-state index in [1.807, 2.05) is 31.4 Å². The topological polar surface area (TPSA) is 41.9 Å². The summed E-state index contributed by atoms with van der Waals surface area (Å²) in [6.45, 7) is 0.619. The number of hydrogen-bond acceptors (Lipinski definition) is 2. The molecule has 0 spiro atoms. The third-order valence-corrected chi connectivity index (χ3v) is 3.44. The molecule has 0 amide bonds. The molecule has 19 heavy (non-hydrogen) atoms. The summed E-state index contributed by atoms with van der Waals surface area (Å²) in [7, 11) is 1.88. The standard InChI is InChI=1S/C12H12BrClN4S/c1-18-7-8(6-16-18)5-15-12(19)17-11-3-2-9(13)4-10(11)14/h2-4,6-7H,5H2,1H3,(H2,15,17,19). The molecule has 2 aromatic rings. The SMILES string of the molecule is Cn1cc(CNC(=S)Nc2ccc(Br)cc2Cl)cn1. The van der Waals surface area contributed by atoms with E-state index in [0.29, 0.717) is 16.7 Å². The molecule has 0 saturated carbocycles. The molecule has 0 unspecified atom stereocenters. The van der Waals surface area contributed by atoms with Gasteiger partial charge in [-0.2, -0.15) is 5.10 Å². The number of nitrogens with zero attached hydrogens (tertiary/aromatic N) is 2. The van der Waals surface area contributed by atoms with Crippen LogP contribution < -0.4 is 10.6 Å². The van der Waals surface area contributed by atoms with Gasteiger partial charge in [0, 0.05) is 29.8 Å².